The zero-order chi connectivity index (χ0) is 12.8. The van der Waals surface area contributed by atoms with Gasteiger partial charge in [-0.2, -0.15) is 0 Å². The van der Waals surface area contributed by atoms with Crippen molar-refractivity contribution in [2.24, 2.45) is 5.92 Å². The average Bonchev–Trinajstić information content (AvgIpc) is 2.88. The zero-order valence-corrected chi connectivity index (χ0v) is 10.4. The fourth-order valence-corrected chi connectivity index (χ4v) is 2.18. The van der Waals surface area contributed by atoms with Gasteiger partial charge >= 0.3 is 0 Å². The maximum absolute atomic E-state index is 13.3. The van der Waals surface area contributed by atoms with Gasteiger partial charge in [-0.25, -0.2) is 4.39 Å². The molecule has 0 spiro atoms. The summed E-state index contributed by atoms with van der Waals surface area (Å²) < 4.78 is 13.3. The van der Waals surface area contributed by atoms with E-state index in [2.05, 4.69) is 10.6 Å². The van der Waals surface area contributed by atoms with Crippen LogP contribution in [0.3, 0.4) is 0 Å². The standard InChI is InChI=1S/C14H19FN2O/c15-13-4-2-1-3-12(13)5-6-14(18)17-10-11-7-8-16-9-11/h1-4,11,16H,5-10H2,(H,17,18). The van der Waals surface area contributed by atoms with E-state index in [1.54, 1.807) is 18.2 Å². The Bertz CT molecular complexity index is 403. The summed E-state index contributed by atoms with van der Waals surface area (Å²) in [5.74, 6) is 0.317. The molecule has 3 nitrogen and oxygen atoms in total. The van der Waals surface area contributed by atoms with E-state index in [4.69, 9.17) is 0 Å². The summed E-state index contributed by atoms with van der Waals surface area (Å²) in [6.45, 7) is 2.74. The monoisotopic (exact) mass is 250 g/mol. The lowest BCUT2D eigenvalue weighted by molar-refractivity contribution is -0.121. The van der Waals surface area contributed by atoms with Gasteiger partial charge in [0.05, 0.1) is 0 Å². The van der Waals surface area contributed by atoms with E-state index in [0.717, 1.165) is 26.1 Å². The van der Waals surface area contributed by atoms with Crippen LogP contribution >= 0.6 is 0 Å². The highest BCUT2D eigenvalue weighted by Gasteiger charge is 2.15. The van der Waals surface area contributed by atoms with Crippen molar-refractivity contribution in [1.29, 1.82) is 0 Å². The molecule has 4 heteroatoms. The third-order valence-electron chi connectivity index (χ3n) is 3.33. The molecule has 0 bridgehead atoms. The lowest BCUT2D eigenvalue weighted by Crippen LogP contribution is -2.30. The second kappa shape index (κ2) is 6.50. The molecule has 1 fully saturated rings. The first-order valence-corrected chi connectivity index (χ1v) is 6.46. The van der Waals surface area contributed by atoms with Gasteiger partial charge in [-0.1, -0.05) is 18.2 Å². The molecule has 1 aromatic carbocycles. The summed E-state index contributed by atoms with van der Waals surface area (Å²) in [6.07, 6.45) is 1.93. The number of carbonyl (C=O) groups is 1. The summed E-state index contributed by atoms with van der Waals surface area (Å²) in [5.41, 5.74) is 0.607. The SMILES string of the molecule is O=C(CCc1ccccc1F)NCC1CCNC1. The molecule has 1 amide bonds. The molecule has 1 atom stereocenters. The Balaban J connectivity index is 1.69. The van der Waals surface area contributed by atoms with Crippen LogP contribution in [-0.4, -0.2) is 25.5 Å². The van der Waals surface area contributed by atoms with E-state index >= 15 is 0 Å². The average molecular weight is 250 g/mol. The van der Waals surface area contributed by atoms with Crippen molar-refractivity contribution in [2.75, 3.05) is 19.6 Å². The molecular formula is C14H19FN2O. The number of carbonyl (C=O) groups excluding carboxylic acids is 1. The second-order valence-electron chi connectivity index (χ2n) is 4.75. The summed E-state index contributed by atoms with van der Waals surface area (Å²) in [5, 5.41) is 6.17. The topological polar surface area (TPSA) is 41.1 Å². The lowest BCUT2D eigenvalue weighted by atomic mass is 10.1. The molecule has 0 aliphatic carbocycles. The Morgan fingerprint density at radius 3 is 3.00 bits per heavy atom. The number of aryl methyl sites for hydroxylation is 1. The second-order valence-corrected chi connectivity index (χ2v) is 4.75. The fraction of sp³-hybridized carbons (Fsp3) is 0.500. The van der Waals surface area contributed by atoms with Crippen molar-refractivity contribution in [3.05, 3.63) is 35.6 Å². The highest BCUT2D eigenvalue weighted by atomic mass is 19.1. The maximum atomic E-state index is 13.3. The van der Waals surface area contributed by atoms with Crippen molar-refractivity contribution in [3.8, 4) is 0 Å². The van der Waals surface area contributed by atoms with Crippen LogP contribution in [0.25, 0.3) is 0 Å². The molecule has 0 radical (unpaired) electrons. The molecule has 18 heavy (non-hydrogen) atoms. The first-order chi connectivity index (χ1) is 8.75. The van der Waals surface area contributed by atoms with Gasteiger partial charge in [0.25, 0.3) is 0 Å². The van der Waals surface area contributed by atoms with Crippen LogP contribution in [0, 0.1) is 11.7 Å². The Morgan fingerprint density at radius 2 is 2.28 bits per heavy atom. The van der Waals surface area contributed by atoms with Crippen molar-refractivity contribution in [1.82, 2.24) is 10.6 Å². The highest BCUT2D eigenvalue weighted by molar-refractivity contribution is 5.76. The van der Waals surface area contributed by atoms with Gasteiger partial charge in [-0.3, -0.25) is 4.79 Å². The quantitative estimate of drug-likeness (QED) is 0.831. The minimum atomic E-state index is -0.231. The van der Waals surface area contributed by atoms with Gasteiger partial charge in [-0.15, -0.1) is 0 Å². The minimum absolute atomic E-state index is 0.00477. The normalized spacial score (nSPS) is 18.8. The van der Waals surface area contributed by atoms with E-state index in [-0.39, 0.29) is 11.7 Å². The van der Waals surface area contributed by atoms with Gasteiger partial charge in [0.15, 0.2) is 0 Å². The van der Waals surface area contributed by atoms with Gasteiger partial charge in [0, 0.05) is 13.0 Å². The molecule has 1 saturated heterocycles. The highest BCUT2D eigenvalue weighted by Crippen LogP contribution is 2.09. The third-order valence-corrected chi connectivity index (χ3v) is 3.33. The van der Waals surface area contributed by atoms with Crippen LogP contribution in [0.4, 0.5) is 4.39 Å². The molecule has 2 rings (SSSR count). The van der Waals surface area contributed by atoms with Crippen LogP contribution in [0.1, 0.15) is 18.4 Å². The maximum Gasteiger partial charge on any atom is 0.220 e. The Morgan fingerprint density at radius 1 is 1.44 bits per heavy atom. The summed E-state index contributed by atoms with van der Waals surface area (Å²) in [4.78, 5) is 11.6. The molecule has 1 aromatic rings. The van der Waals surface area contributed by atoms with E-state index in [9.17, 15) is 9.18 Å². The lowest BCUT2D eigenvalue weighted by Gasteiger charge is -2.10. The van der Waals surface area contributed by atoms with Crippen LogP contribution < -0.4 is 10.6 Å². The van der Waals surface area contributed by atoms with Crippen molar-refractivity contribution in [3.63, 3.8) is 0 Å². The van der Waals surface area contributed by atoms with Gasteiger partial charge < -0.3 is 10.6 Å². The molecular weight excluding hydrogens is 231 g/mol. The Hall–Kier alpha value is -1.42. The number of benzene rings is 1. The number of halogens is 1. The first kappa shape index (κ1) is 13.0. The van der Waals surface area contributed by atoms with Crippen LogP contribution in [-0.2, 0) is 11.2 Å². The summed E-state index contributed by atoms with van der Waals surface area (Å²) >= 11 is 0. The number of rotatable bonds is 5. The minimum Gasteiger partial charge on any atom is -0.356 e. The number of nitrogens with one attached hydrogen (secondary N) is 2. The van der Waals surface area contributed by atoms with Gasteiger partial charge in [0.1, 0.15) is 5.82 Å². The number of hydrogen-bond donors (Lipinski definition) is 2. The van der Waals surface area contributed by atoms with Crippen molar-refractivity contribution in [2.45, 2.75) is 19.3 Å². The first-order valence-electron chi connectivity index (χ1n) is 6.46. The molecule has 0 saturated carbocycles. The summed E-state index contributed by atoms with van der Waals surface area (Å²) in [7, 11) is 0. The van der Waals surface area contributed by atoms with Crippen LogP contribution in [0.5, 0.6) is 0 Å². The third kappa shape index (κ3) is 3.81. The van der Waals surface area contributed by atoms with Gasteiger partial charge in [0.2, 0.25) is 5.91 Å². The predicted molar refractivity (Wildman–Crippen MR) is 68.7 cm³/mol. The molecule has 0 aromatic heterocycles. The Kier molecular flexibility index (Phi) is 4.70. The largest absolute Gasteiger partial charge is 0.356 e. The number of hydrogen-bond acceptors (Lipinski definition) is 2. The predicted octanol–water partition coefficient (Wildman–Crippen LogP) is 1.48. The molecule has 2 N–H and O–H groups in total. The number of amides is 1. The van der Waals surface area contributed by atoms with Crippen molar-refractivity contribution < 1.29 is 9.18 Å². The Labute approximate surface area is 107 Å². The van der Waals surface area contributed by atoms with Crippen molar-refractivity contribution >= 4 is 5.91 Å². The molecule has 1 aliphatic heterocycles. The molecule has 1 unspecified atom stereocenters. The fourth-order valence-electron chi connectivity index (χ4n) is 2.18. The van der Waals surface area contributed by atoms with E-state index < -0.39 is 0 Å². The molecule has 1 heterocycles. The summed E-state index contributed by atoms with van der Waals surface area (Å²) in [6, 6.07) is 6.60. The molecule has 98 valence electrons. The van der Waals surface area contributed by atoms with Crippen LogP contribution in [0.2, 0.25) is 0 Å². The van der Waals surface area contributed by atoms with E-state index in [0.29, 0.717) is 24.3 Å². The van der Waals surface area contributed by atoms with E-state index in [1.165, 1.54) is 6.07 Å². The smallest absolute Gasteiger partial charge is 0.220 e. The van der Waals surface area contributed by atoms with Gasteiger partial charge in [-0.05, 0) is 43.5 Å². The molecule has 1 aliphatic rings. The van der Waals surface area contributed by atoms with Crippen LogP contribution in [0.15, 0.2) is 24.3 Å². The van der Waals surface area contributed by atoms with E-state index in [1.807, 2.05) is 0 Å². The zero-order valence-electron chi connectivity index (χ0n) is 10.4.